The lowest BCUT2D eigenvalue weighted by Gasteiger charge is -2.32. The molecule has 158 valence electrons. The molecule has 31 heavy (non-hydrogen) atoms. The van der Waals surface area contributed by atoms with Crippen molar-refractivity contribution in [3.63, 3.8) is 0 Å². The highest BCUT2D eigenvalue weighted by Gasteiger charge is 2.44. The number of hydrogen-bond acceptors (Lipinski definition) is 4. The molecule has 0 fully saturated rings. The summed E-state index contributed by atoms with van der Waals surface area (Å²) in [5.74, 6) is 0.365. The van der Waals surface area contributed by atoms with E-state index in [0.29, 0.717) is 12.4 Å². The number of anilines is 1. The van der Waals surface area contributed by atoms with Gasteiger partial charge in [0.1, 0.15) is 0 Å². The van der Waals surface area contributed by atoms with E-state index >= 15 is 0 Å². The van der Waals surface area contributed by atoms with Gasteiger partial charge >= 0.3 is 0 Å². The molecule has 1 aliphatic carbocycles. The number of rotatable bonds is 4. The number of carbonyl (C=O) groups is 1. The van der Waals surface area contributed by atoms with Crippen LogP contribution in [0.1, 0.15) is 43.4 Å². The molecule has 0 radical (unpaired) electrons. The van der Waals surface area contributed by atoms with Crippen LogP contribution in [-0.2, 0) is 28.1 Å². The number of hydrazone groups is 1. The number of aryl methyl sites for hydroxylation is 2. The van der Waals surface area contributed by atoms with Crippen molar-refractivity contribution in [2.45, 2.75) is 45.3 Å². The van der Waals surface area contributed by atoms with Crippen molar-refractivity contribution in [3.05, 3.63) is 77.4 Å². The number of nitrogens with one attached hydrogen (secondary N) is 1. The average molecular weight is 414 g/mol. The summed E-state index contributed by atoms with van der Waals surface area (Å²) in [4.78, 5) is 12.4. The Balaban J connectivity index is 1.40. The molecule has 5 nitrogen and oxygen atoms in total. The van der Waals surface area contributed by atoms with Crippen molar-refractivity contribution in [2.24, 2.45) is 5.10 Å². The lowest BCUT2D eigenvalue weighted by atomic mass is 9.88. The van der Waals surface area contributed by atoms with E-state index in [1.807, 2.05) is 31.2 Å². The molecule has 2 aliphatic rings. The Kier molecular flexibility index (Phi) is 4.89. The molecule has 3 aromatic rings. The Hall–Kier alpha value is -3.34. The highest BCUT2D eigenvalue weighted by Crippen LogP contribution is 2.37. The topological polar surface area (TPSA) is 53.9 Å². The summed E-state index contributed by atoms with van der Waals surface area (Å²) in [6.45, 7) is 3.86. The van der Waals surface area contributed by atoms with Gasteiger partial charge in [0.2, 0.25) is 17.5 Å². The first-order chi connectivity index (χ1) is 15.0. The molecule has 1 amide bonds. The van der Waals surface area contributed by atoms with E-state index in [1.165, 1.54) is 41.3 Å². The molecule has 3 aromatic carbocycles. The van der Waals surface area contributed by atoms with Crippen LogP contribution < -0.4 is 5.32 Å². The summed E-state index contributed by atoms with van der Waals surface area (Å²) in [5, 5.41) is 11.8. The van der Waals surface area contributed by atoms with Crippen molar-refractivity contribution in [3.8, 4) is 0 Å². The van der Waals surface area contributed by atoms with Crippen LogP contribution in [0.2, 0.25) is 0 Å². The number of fused-ring (bicyclic) bond motifs is 2. The SMILES string of the molecule is CC(=O)N1N=C(CNc2cccc3ccccc23)OC1(C)c1ccc2c(c1)CCCC2. The van der Waals surface area contributed by atoms with Crippen molar-refractivity contribution in [1.29, 1.82) is 0 Å². The maximum absolute atomic E-state index is 12.4. The molecule has 1 atom stereocenters. The fourth-order valence-electron chi connectivity index (χ4n) is 4.70. The summed E-state index contributed by atoms with van der Waals surface area (Å²) in [6.07, 6.45) is 4.66. The van der Waals surface area contributed by atoms with Crippen molar-refractivity contribution < 1.29 is 9.53 Å². The van der Waals surface area contributed by atoms with Gasteiger partial charge < -0.3 is 10.1 Å². The molecule has 5 heteroatoms. The van der Waals surface area contributed by atoms with Gasteiger partial charge in [-0.25, -0.2) is 0 Å². The van der Waals surface area contributed by atoms with E-state index in [4.69, 9.17) is 4.74 Å². The first kappa shape index (κ1) is 19.6. The molecular formula is C26H27N3O2. The molecule has 0 aromatic heterocycles. The van der Waals surface area contributed by atoms with Crippen LogP contribution in [0.3, 0.4) is 0 Å². The number of nitrogens with zero attached hydrogens (tertiary/aromatic N) is 2. The summed E-state index contributed by atoms with van der Waals surface area (Å²) in [6, 6.07) is 20.9. The van der Waals surface area contributed by atoms with Gasteiger partial charge in [-0.15, -0.1) is 5.10 Å². The second kappa shape index (κ2) is 7.73. The van der Waals surface area contributed by atoms with Gasteiger partial charge in [-0.1, -0.05) is 48.5 Å². The highest BCUT2D eigenvalue weighted by molar-refractivity contribution is 5.95. The smallest absolute Gasteiger partial charge is 0.243 e. The molecule has 5 rings (SSSR count). The highest BCUT2D eigenvalue weighted by atomic mass is 16.6. The minimum absolute atomic E-state index is 0.139. The average Bonchev–Trinajstić information content (AvgIpc) is 3.15. The predicted octanol–water partition coefficient (Wildman–Crippen LogP) is 5.20. The maximum Gasteiger partial charge on any atom is 0.243 e. The maximum atomic E-state index is 12.4. The Bertz CT molecular complexity index is 1180. The van der Waals surface area contributed by atoms with Crippen LogP contribution in [0, 0.1) is 0 Å². The molecule has 1 N–H and O–H groups in total. The van der Waals surface area contributed by atoms with Gasteiger partial charge in [-0.2, -0.15) is 5.01 Å². The Morgan fingerprint density at radius 2 is 1.84 bits per heavy atom. The fraction of sp³-hybridized carbons (Fsp3) is 0.308. The Morgan fingerprint density at radius 1 is 1.06 bits per heavy atom. The largest absolute Gasteiger partial charge is 0.446 e. The van der Waals surface area contributed by atoms with Gasteiger partial charge in [0, 0.05) is 30.5 Å². The van der Waals surface area contributed by atoms with Crippen LogP contribution in [0.25, 0.3) is 10.8 Å². The molecule has 0 spiro atoms. The summed E-state index contributed by atoms with van der Waals surface area (Å²) in [7, 11) is 0. The third-order valence-electron chi connectivity index (χ3n) is 6.33. The zero-order chi connectivity index (χ0) is 21.4. The lowest BCUT2D eigenvalue weighted by molar-refractivity contribution is -0.146. The minimum atomic E-state index is -0.936. The number of benzene rings is 3. The number of carbonyl (C=O) groups excluding carboxylic acids is 1. The van der Waals surface area contributed by atoms with E-state index in [1.54, 1.807) is 0 Å². The normalized spacial score (nSPS) is 20.2. The van der Waals surface area contributed by atoms with E-state index in [2.05, 4.69) is 46.8 Å². The third-order valence-corrected chi connectivity index (χ3v) is 6.33. The molecule has 1 heterocycles. The summed E-state index contributed by atoms with van der Waals surface area (Å²) >= 11 is 0. The standard InChI is InChI=1S/C26H27N3O2/c1-18(30)29-26(2,22-15-14-19-8-3-4-10-21(19)16-22)31-25(28-29)17-27-24-13-7-11-20-9-5-6-12-23(20)24/h5-7,9,11-16,27H,3-4,8,10,17H2,1-2H3. The minimum Gasteiger partial charge on any atom is -0.446 e. The van der Waals surface area contributed by atoms with Gasteiger partial charge in [-0.05, 0) is 54.3 Å². The van der Waals surface area contributed by atoms with Crippen LogP contribution in [-0.4, -0.2) is 23.4 Å². The molecule has 1 unspecified atom stereocenters. The fourth-order valence-corrected chi connectivity index (χ4v) is 4.70. The van der Waals surface area contributed by atoms with Crippen molar-refractivity contribution in [2.75, 3.05) is 11.9 Å². The first-order valence-corrected chi connectivity index (χ1v) is 11.0. The quantitative estimate of drug-likeness (QED) is 0.640. The molecule has 1 aliphatic heterocycles. The van der Waals surface area contributed by atoms with Crippen LogP contribution in [0.5, 0.6) is 0 Å². The van der Waals surface area contributed by atoms with Crippen LogP contribution in [0.4, 0.5) is 5.69 Å². The van der Waals surface area contributed by atoms with E-state index in [-0.39, 0.29) is 5.91 Å². The molecule has 0 saturated carbocycles. The van der Waals surface area contributed by atoms with Gasteiger partial charge in [-0.3, -0.25) is 4.79 Å². The second-order valence-electron chi connectivity index (χ2n) is 8.48. The predicted molar refractivity (Wildman–Crippen MR) is 124 cm³/mol. The van der Waals surface area contributed by atoms with Gasteiger partial charge in [0.15, 0.2) is 0 Å². The summed E-state index contributed by atoms with van der Waals surface area (Å²) < 4.78 is 6.33. The molecular weight excluding hydrogens is 386 g/mol. The number of hydrogen-bond donors (Lipinski definition) is 1. The van der Waals surface area contributed by atoms with Gasteiger partial charge in [0.05, 0.1) is 6.54 Å². The molecule has 0 saturated heterocycles. The van der Waals surface area contributed by atoms with Crippen molar-refractivity contribution in [1.82, 2.24) is 5.01 Å². The Morgan fingerprint density at radius 3 is 2.68 bits per heavy atom. The zero-order valence-corrected chi connectivity index (χ0v) is 18.0. The van der Waals surface area contributed by atoms with Crippen molar-refractivity contribution >= 4 is 28.3 Å². The first-order valence-electron chi connectivity index (χ1n) is 11.0. The second-order valence-corrected chi connectivity index (χ2v) is 8.48. The zero-order valence-electron chi connectivity index (χ0n) is 18.0. The van der Waals surface area contributed by atoms with E-state index in [9.17, 15) is 4.79 Å². The Labute approximate surface area is 182 Å². The number of ether oxygens (including phenoxy) is 1. The monoisotopic (exact) mass is 413 g/mol. The summed E-state index contributed by atoms with van der Waals surface area (Å²) in [5.41, 5.74) is 3.81. The lowest BCUT2D eigenvalue weighted by Crippen LogP contribution is -2.41. The third kappa shape index (κ3) is 3.54. The van der Waals surface area contributed by atoms with Gasteiger partial charge in [0.25, 0.3) is 0 Å². The van der Waals surface area contributed by atoms with Crippen LogP contribution >= 0.6 is 0 Å². The van der Waals surface area contributed by atoms with Crippen LogP contribution in [0.15, 0.2) is 65.8 Å². The van der Waals surface area contributed by atoms with E-state index in [0.717, 1.165) is 29.5 Å². The molecule has 0 bridgehead atoms. The van der Waals surface area contributed by atoms with E-state index < -0.39 is 5.72 Å². The number of amides is 1.